The van der Waals surface area contributed by atoms with Gasteiger partial charge in [0.15, 0.2) is 5.69 Å². The Labute approximate surface area is 140 Å². The predicted molar refractivity (Wildman–Crippen MR) is 86.3 cm³/mol. The van der Waals surface area contributed by atoms with E-state index in [0.717, 1.165) is 19.5 Å². The Kier molecular flexibility index (Phi) is 4.33. The van der Waals surface area contributed by atoms with Crippen LogP contribution in [-0.4, -0.2) is 70.2 Å². The minimum atomic E-state index is -0.499. The summed E-state index contributed by atoms with van der Waals surface area (Å²) < 4.78 is 1.54. The van der Waals surface area contributed by atoms with Gasteiger partial charge in [-0.1, -0.05) is 11.6 Å². The summed E-state index contributed by atoms with van der Waals surface area (Å²) in [5, 5.41) is 7.50. The number of halogens is 1. The fraction of sp³-hybridized carbons (Fsp3) is 0.667. The van der Waals surface area contributed by atoms with Gasteiger partial charge in [0, 0.05) is 39.4 Å². The maximum absolute atomic E-state index is 12.6. The lowest BCUT2D eigenvalue weighted by Gasteiger charge is -2.44. The second-order valence-electron chi connectivity index (χ2n) is 6.35. The van der Waals surface area contributed by atoms with E-state index in [1.807, 2.05) is 7.05 Å². The highest BCUT2D eigenvalue weighted by atomic mass is 35.5. The number of carbonyl (C=O) groups excluding carboxylic acids is 2. The first-order chi connectivity index (χ1) is 10.9. The zero-order valence-corrected chi connectivity index (χ0v) is 14.3. The highest BCUT2D eigenvalue weighted by Gasteiger charge is 2.46. The topological polar surface area (TPSA) is 70.5 Å². The third-order valence-electron chi connectivity index (χ3n) is 4.97. The van der Waals surface area contributed by atoms with Crippen LogP contribution in [0.4, 0.5) is 0 Å². The van der Waals surface area contributed by atoms with Gasteiger partial charge in [-0.2, -0.15) is 5.10 Å². The van der Waals surface area contributed by atoms with Gasteiger partial charge in [0.1, 0.15) is 5.54 Å². The summed E-state index contributed by atoms with van der Waals surface area (Å²) >= 11 is 6.07. The van der Waals surface area contributed by atoms with Crippen molar-refractivity contribution in [1.29, 1.82) is 0 Å². The van der Waals surface area contributed by atoms with Crippen LogP contribution in [0.1, 0.15) is 29.8 Å². The summed E-state index contributed by atoms with van der Waals surface area (Å²) in [6, 6.07) is 0. The van der Waals surface area contributed by atoms with Crippen LogP contribution in [0.15, 0.2) is 6.20 Å². The van der Waals surface area contributed by atoms with Gasteiger partial charge >= 0.3 is 0 Å². The molecule has 0 bridgehead atoms. The van der Waals surface area contributed by atoms with Gasteiger partial charge < -0.3 is 10.2 Å². The monoisotopic (exact) mass is 339 g/mol. The number of nitrogens with zero attached hydrogens (tertiary/aromatic N) is 4. The average Bonchev–Trinajstić information content (AvgIpc) is 2.82. The molecule has 126 valence electrons. The van der Waals surface area contributed by atoms with Gasteiger partial charge in [0.25, 0.3) is 5.91 Å². The number of amides is 2. The molecule has 1 spiro atoms. The molecule has 23 heavy (non-hydrogen) atoms. The normalized spacial score (nSPS) is 22.0. The number of aryl methyl sites for hydroxylation is 1. The molecule has 2 saturated heterocycles. The second-order valence-corrected chi connectivity index (χ2v) is 6.76. The first-order valence-corrected chi connectivity index (χ1v) is 8.30. The Morgan fingerprint density at radius 1 is 1.30 bits per heavy atom. The lowest BCUT2D eigenvalue weighted by molar-refractivity contribution is -0.134. The van der Waals surface area contributed by atoms with Crippen LogP contribution in [0.25, 0.3) is 0 Å². The first-order valence-electron chi connectivity index (χ1n) is 7.92. The molecule has 2 amide bonds. The van der Waals surface area contributed by atoms with Crippen LogP contribution >= 0.6 is 11.6 Å². The van der Waals surface area contributed by atoms with E-state index >= 15 is 0 Å². The number of hydrogen-bond donors (Lipinski definition) is 1. The average molecular weight is 340 g/mol. The zero-order valence-electron chi connectivity index (χ0n) is 13.5. The van der Waals surface area contributed by atoms with E-state index in [4.69, 9.17) is 11.6 Å². The molecule has 0 saturated carbocycles. The molecular weight excluding hydrogens is 318 g/mol. The van der Waals surface area contributed by atoms with Crippen molar-refractivity contribution in [1.82, 2.24) is 24.9 Å². The van der Waals surface area contributed by atoms with Crippen molar-refractivity contribution >= 4 is 23.4 Å². The molecule has 3 rings (SSSR count). The summed E-state index contributed by atoms with van der Waals surface area (Å²) in [4.78, 5) is 29.0. The summed E-state index contributed by atoms with van der Waals surface area (Å²) in [5.74, 6) is -0.0809. The highest BCUT2D eigenvalue weighted by Crippen LogP contribution is 2.31. The van der Waals surface area contributed by atoms with Crippen LogP contribution in [0.2, 0.25) is 5.02 Å². The number of carbonyl (C=O) groups is 2. The van der Waals surface area contributed by atoms with E-state index in [-0.39, 0.29) is 17.5 Å². The number of hydrogen-bond acceptors (Lipinski definition) is 4. The van der Waals surface area contributed by atoms with Crippen molar-refractivity contribution in [2.45, 2.75) is 24.8 Å². The number of likely N-dealkylation sites (N-methyl/N-ethyl adjacent to an activating group) is 1. The molecule has 0 aliphatic carbocycles. The predicted octanol–water partition coefficient (Wildman–Crippen LogP) is 0.500. The number of aromatic nitrogens is 2. The van der Waals surface area contributed by atoms with Crippen molar-refractivity contribution < 1.29 is 9.59 Å². The Morgan fingerprint density at radius 2 is 2.00 bits per heavy atom. The van der Waals surface area contributed by atoms with Crippen molar-refractivity contribution in [2.24, 2.45) is 7.05 Å². The fourth-order valence-corrected chi connectivity index (χ4v) is 3.77. The lowest BCUT2D eigenvalue weighted by atomic mass is 9.85. The Hall–Kier alpha value is -1.60. The van der Waals surface area contributed by atoms with Crippen LogP contribution < -0.4 is 5.32 Å². The van der Waals surface area contributed by atoms with Gasteiger partial charge in [0.05, 0.1) is 5.02 Å². The third-order valence-corrected chi connectivity index (χ3v) is 5.25. The second kappa shape index (κ2) is 6.13. The molecular formula is C15H22ClN5O2. The lowest BCUT2D eigenvalue weighted by Crippen LogP contribution is -2.61. The maximum atomic E-state index is 12.6. The van der Waals surface area contributed by atoms with E-state index in [1.165, 1.54) is 4.68 Å². The van der Waals surface area contributed by atoms with E-state index in [9.17, 15) is 9.59 Å². The van der Waals surface area contributed by atoms with Gasteiger partial charge in [-0.3, -0.25) is 19.2 Å². The Bertz CT molecular complexity index is 621. The molecule has 1 aromatic rings. The minimum Gasteiger partial charge on any atom is -0.354 e. The molecule has 8 heteroatoms. The quantitative estimate of drug-likeness (QED) is 0.809. The Balaban J connectivity index is 1.73. The zero-order chi connectivity index (χ0) is 16.6. The summed E-state index contributed by atoms with van der Waals surface area (Å²) in [7, 11) is 3.73. The fourth-order valence-electron chi connectivity index (χ4n) is 3.51. The number of rotatable bonds is 1. The Morgan fingerprint density at radius 3 is 2.61 bits per heavy atom. The largest absolute Gasteiger partial charge is 0.354 e. The summed E-state index contributed by atoms with van der Waals surface area (Å²) in [6.07, 6.45) is 3.83. The van der Waals surface area contributed by atoms with Crippen molar-refractivity contribution in [3.63, 3.8) is 0 Å². The van der Waals surface area contributed by atoms with E-state index in [2.05, 4.69) is 15.3 Å². The molecule has 1 N–H and O–H groups in total. The molecule has 0 unspecified atom stereocenters. The molecule has 0 radical (unpaired) electrons. The summed E-state index contributed by atoms with van der Waals surface area (Å²) in [6.45, 7) is 2.67. The molecule has 0 atom stereocenters. The molecule has 1 aromatic heterocycles. The van der Waals surface area contributed by atoms with E-state index in [1.54, 1.807) is 18.1 Å². The number of nitrogens with one attached hydrogen (secondary N) is 1. The number of piperidine rings is 1. The number of likely N-dealkylation sites (tertiary alicyclic amines) is 1. The molecule has 7 nitrogen and oxygen atoms in total. The van der Waals surface area contributed by atoms with E-state index in [0.29, 0.717) is 31.0 Å². The molecule has 0 aromatic carbocycles. The minimum absolute atomic E-state index is 0.0838. The van der Waals surface area contributed by atoms with Crippen molar-refractivity contribution in [2.75, 3.05) is 33.2 Å². The van der Waals surface area contributed by atoms with Gasteiger partial charge in [-0.05, 0) is 26.3 Å². The third kappa shape index (κ3) is 2.83. The molecule has 2 aliphatic heterocycles. The van der Waals surface area contributed by atoms with Crippen LogP contribution in [-0.2, 0) is 11.8 Å². The van der Waals surface area contributed by atoms with Crippen LogP contribution in [0.3, 0.4) is 0 Å². The molecule has 3 heterocycles. The maximum Gasteiger partial charge on any atom is 0.275 e. The summed E-state index contributed by atoms with van der Waals surface area (Å²) in [5.41, 5.74) is -0.218. The van der Waals surface area contributed by atoms with Gasteiger partial charge in [0.2, 0.25) is 5.91 Å². The first kappa shape index (κ1) is 16.3. The van der Waals surface area contributed by atoms with Crippen molar-refractivity contribution in [3.05, 3.63) is 16.9 Å². The van der Waals surface area contributed by atoms with Gasteiger partial charge in [-0.25, -0.2) is 0 Å². The van der Waals surface area contributed by atoms with Gasteiger partial charge in [-0.15, -0.1) is 0 Å². The standard InChI is InChI=1S/C15H22ClN5O2/c1-19-7-3-6-17-14(23)15(19)4-8-21(9-5-15)13(22)12-11(16)10-20(2)18-12/h10H,3-9H2,1-2H3,(H,17,23). The van der Waals surface area contributed by atoms with Crippen LogP contribution in [0, 0.1) is 0 Å². The van der Waals surface area contributed by atoms with Crippen LogP contribution in [0.5, 0.6) is 0 Å². The SMILES string of the molecule is CN1CCCNC(=O)C12CCN(C(=O)c1nn(C)cc1Cl)CC2. The van der Waals surface area contributed by atoms with E-state index < -0.39 is 5.54 Å². The smallest absolute Gasteiger partial charge is 0.275 e. The highest BCUT2D eigenvalue weighted by molar-refractivity contribution is 6.33. The van der Waals surface area contributed by atoms with Crippen molar-refractivity contribution in [3.8, 4) is 0 Å². The molecule has 2 aliphatic rings. The molecule has 2 fully saturated rings.